The molecule has 1 aliphatic carbocycles. The van der Waals surface area contributed by atoms with Crippen LogP contribution in [0.3, 0.4) is 0 Å². The Bertz CT molecular complexity index is 277. The van der Waals surface area contributed by atoms with Crippen LogP contribution in [0.5, 0.6) is 0 Å². The smallest absolute Gasteiger partial charge is 0.244 e. The van der Waals surface area contributed by atoms with Gasteiger partial charge in [-0.3, -0.25) is 0 Å². The molecule has 0 amide bonds. The molecular formula is C8H14F3NOS. The Kier molecular flexibility index (Phi) is 3.47. The van der Waals surface area contributed by atoms with Crippen LogP contribution in [0.25, 0.3) is 0 Å². The molecule has 1 N–H and O–H groups in total. The first-order valence-electron chi connectivity index (χ1n) is 4.54. The van der Waals surface area contributed by atoms with Crippen LogP contribution in [0.15, 0.2) is 0 Å². The third-order valence-electron chi connectivity index (χ3n) is 2.34. The van der Waals surface area contributed by atoms with Gasteiger partial charge in [0.2, 0.25) is 0 Å². The topological polar surface area (TPSA) is 29.1 Å². The predicted octanol–water partition coefficient (Wildman–Crippen LogP) is 2.06. The fourth-order valence-electron chi connectivity index (χ4n) is 1.56. The summed E-state index contributed by atoms with van der Waals surface area (Å²) in [5, 5.41) is 0. The van der Waals surface area contributed by atoms with Crippen molar-refractivity contribution in [3.05, 3.63) is 0 Å². The maximum absolute atomic E-state index is 12.2. The molecule has 0 spiro atoms. The second kappa shape index (κ2) is 4.10. The number of hydrogen-bond acceptors (Lipinski definition) is 1. The van der Waals surface area contributed by atoms with Crippen LogP contribution < -0.4 is 4.72 Å². The van der Waals surface area contributed by atoms with E-state index in [4.69, 9.17) is 0 Å². The molecule has 1 unspecified atom stereocenters. The Balaban J connectivity index is 2.58. The molecule has 0 bridgehead atoms. The van der Waals surface area contributed by atoms with Crippen LogP contribution in [-0.2, 0) is 9.71 Å². The first kappa shape index (κ1) is 11.8. The summed E-state index contributed by atoms with van der Waals surface area (Å²) < 4.78 is 49.8. The minimum absolute atomic E-state index is 0.296. The van der Waals surface area contributed by atoms with E-state index in [1.807, 2.05) is 0 Å². The Morgan fingerprint density at radius 2 is 1.71 bits per heavy atom. The number of alkyl halides is 3. The SMILES string of the molecule is C=S(=O)(NC1CCCCC1)C(F)(F)F. The fraction of sp³-hybridized carbons (Fsp3) is 0.875. The highest BCUT2D eigenvalue weighted by Gasteiger charge is 2.40. The minimum Gasteiger partial charge on any atom is -0.244 e. The zero-order chi connectivity index (χ0) is 10.8. The van der Waals surface area contributed by atoms with Crippen LogP contribution >= 0.6 is 0 Å². The van der Waals surface area contributed by atoms with E-state index in [2.05, 4.69) is 10.6 Å². The molecule has 1 rings (SSSR count). The summed E-state index contributed by atoms with van der Waals surface area (Å²) >= 11 is 0. The number of halogens is 3. The van der Waals surface area contributed by atoms with Gasteiger partial charge in [-0.1, -0.05) is 19.3 Å². The van der Waals surface area contributed by atoms with Crippen LogP contribution in [0.2, 0.25) is 0 Å². The Morgan fingerprint density at radius 3 is 2.14 bits per heavy atom. The highest BCUT2D eigenvalue weighted by Crippen LogP contribution is 2.25. The summed E-state index contributed by atoms with van der Waals surface area (Å²) in [6, 6.07) is -0.296. The first-order valence-corrected chi connectivity index (χ1v) is 6.26. The van der Waals surface area contributed by atoms with Gasteiger partial charge in [0, 0.05) is 6.04 Å². The number of rotatable bonds is 2. The monoisotopic (exact) mass is 229 g/mol. The Hall–Kier alpha value is -0.230. The van der Waals surface area contributed by atoms with Crippen molar-refractivity contribution >= 4 is 15.6 Å². The van der Waals surface area contributed by atoms with E-state index in [1.54, 1.807) is 0 Å². The second-order valence-electron chi connectivity index (χ2n) is 3.57. The Labute approximate surface area is 82.0 Å². The van der Waals surface area contributed by atoms with Crippen LogP contribution in [0, 0.1) is 0 Å². The zero-order valence-electron chi connectivity index (χ0n) is 7.77. The van der Waals surface area contributed by atoms with Crippen LogP contribution in [-0.4, -0.2) is 21.6 Å². The standard InChI is InChI=1S/C8H14F3NOS/c1-14(13,8(9,10)11)12-7-5-3-2-4-6-7/h7H,1-6H2,(H,12,13). The molecule has 6 heteroatoms. The van der Waals surface area contributed by atoms with Crippen molar-refractivity contribution < 1.29 is 17.4 Å². The van der Waals surface area contributed by atoms with Gasteiger partial charge in [0.05, 0.1) is 0 Å². The van der Waals surface area contributed by atoms with Crippen LogP contribution in [0.4, 0.5) is 13.2 Å². The van der Waals surface area contributed by atoms with E-state index in [-0.39, 0.29) is 6.04 Å². The lowest BCUT2D eigenvalue weighted by atomic mass is 9.96. The molecule has 1 atom stereocenters. The molecule has 1 aliphatic rings. The summed E-state index contributed by atoms with van der Waals surface area (Å²) in [5.74, 6) is 2.73. The third kappa shape index (κ3) is 2.88. The summed E-state index contributed by atoms with van der Waals surface area (Å²) in [6.45, 7) is 0. The van der Waals surface area contributed by atoms with E-state index in [9.17, 15) is 17.4 Å². The average molecular weight is 229 g/mol. The lowest BCUT2D eigenvalue weighted by molar-refractivity contribution is -0.0406. The first-order chi connectivity index (χ1) is 6.33. The highest BCUT2D eigenvalue weighted by atomic mass is 32.2. The van der Waals surface area contributed by atoms with E-state index in [0.717, 1.165) is 19.3 Å². The van der Waals surface area contributed by atoms with Crippen molar-refractivity contribution in [2.45, 2.75) is 43.7 Å². The molecule has 84 valence electrons. The Morgan fingerprint density at radius 1 is 1.21 bits per heavy atom. The molecule has 0 aliphatic heterocycles. The van der Waals surface area contributed by atoms with E-state index < -0.39 is 15.2 Å². The van der Waals surface area contributed by atoms with Crippen LogP contribution in [0.1, 0.15) is 32.1 Å². The van der Waals surface area contributed by atoms with Gasteiger partial charge in [0.25, 0.3) is 0 Å². The molecular weight excluding hydrogens is 215 g/mol. The summed E-state index contributed by atoms with van der Waals surface area (Å²) in [4.78, 5) is 0. The van der Waals surface area contributed by atoms with E-state index in [1.165, 1.54) is 0 Å². The molecule has 0 aromatic heterocycles. The van der Waals surface area contributed by atoms with Gasteiger partial charge in [-0.25, -0.2) is 8.93 Å². The van der Waals surface area contributed by atoms with Crippen molar-refractivity contribution in [2.24, 2.45) is 0 Å². The van der Waals surface area contributed by atoms with Gasteiger partial charge < -0.3 is 0 Å². The molecule has 0 heterocycles. The largest absolute Gasteiger partial charge is 0.476 e. The maximum Gasteiger partial charge on any atom is 0.476 e. The molecule has 0 saturated heterocycles. The number of hydrogen-bond donors (Lipinski definition) is 1. The predicted molar refractivity (Wildman–Crippen MR) is 51.3 cm³/mol. The highest BCUT2D eigenvalue weighted by molar-refractivity contribution is 7.99. The summed E-state index contributed by atoms with van der Waals surface area (Å²) in [5.41, 5.74) is -4.75. The fourth-order valence-corrected chi connectivity index (χ4v) is 2.46. The van der Waals surface area contributed by atoms with Crippen molar-refractivity contribution in [3.63, 3.8) is 0 Å². The van der Waals surface area contributed by atoms with Gasteiger partial charge in [-0.15, -0.1) is 0 Å². The molecule has 1 saturated carbocycles. The van der Waals surface area contributed by atoms with Gasteiger partial charge >= 0.3 is 5.51 Å². The second-order valence-corrected chi connectivity index (χ2v) is 5.62. The molecule has 0 aromatic carbocycles. The van der Waals surface area contributed by atoms with Gasteiger partial charge in [-0.2, -0.15) is 13.2 Å². The molecule has 2 nitrogen and oxygen atoms in total. The maximum atomic E-state index is 12.2. The summed E-state index contributed by atoms with van der Waals surface area (Å²) in [6.07, 6.45) is 4.14. The molecule has 14 heavy (non-hydrogen) atoms. The van der Waals surface area contributed by atoms with Crippen molar-refractivity contribution in [3.8, 4) is 0 Å². The molecule has 1 fully saturated rings. The lowest BCUT2D eigenvalue weighted by Gasteiger charge is -2.25. The zero-order valence-corrected chi connectivity index (χ0v) is 8.59. The van der Waals surface area contributed by atoms with Gasteiger partial charge in [0.15, 0.2) is 0 Å². The molecule has 0 radical (unpaired) electrons. The van der Waals surface area contributed by atoms with Crippen molar-refractivity contribution in [2.75, 3.05) is 0 Å². The number of nitrogens with one attached hydrogen (secondary N) is 1. The van der Waals surface area contributed by atoms with Crippen molar-refractivity contribution in [1.29, 1.82) is 0 Å². The molecule has 0 aromatic rings. The van der Waals surface area contributed by atoms with E-state index >= 15 is 0 Å². The van der Waals surface area contributed by atoms with Crippen molar-refractivity contribution in [1.82, 2.24) is 4.72 Å². The normalized spacial score (nSPS) is 24.5. The van der Waals surface area contributed by atoms with Gasteiger partial charge in [-0.05, 0) is 18.7 Å². The minimum atomic E-state index is -4.75. The average Bonchev–Trinajstić information content (AvgIpc) is 2.03. The van der Waals surface area contributed by atoms with E-state index in [0.29, 0.717) is 12.8 Å². The third-order valence-corrected chi connectivity index (χ3v) is 3.80. The quantitative estimate of drug-likeness (QED) is 0.721. The lowest BCUT2D eigenvalue weighted by Crippen LogP contribution is -2.43. The van der Waals surface area contributed by atoms with Gasteiger partial charge in [0.1, 0.15) is 9.71 Å². The summed E-state index contributed by atoms with van der Waals surface area (Å²) in [7, 11) is -4.15.